The van der Waals surface area contributed by atoms with Gasteiger partial charge in [-0.05, 0) is 49.0 Å². The lowest BCUT2D eigenvalue weighted by Gasteiger charge is -2.29. The molecule has 0 aliphatic carbocycles. The molecule has 6 nitrogen and oxygen atoms in total. The van der Waals surface area contributed by atoms with Gasteiger partial charge in [0.1, 0.15) is 0 Å². The van der Waals surface area contributed by atoms with E-state index in [-0.39, 0.29) is 35.8 Å². The maximum atomic E-state index is 12.1. The first-order valence-electron chi connectivity index (χ1n) is 10.4. The van der Waals surface area contributed by atoms with Gasteiger partial charge in [0.15, 0.2) is 5.96 Å². The molecule has 2 aliphatic rings. The zero-order chi connectivity index (χ0) is 20.1. The standard InChI is InChI=1S/C22H29N5OS.HI/c1-23-22(24-14-16-13-21(28)26-18-8-3-2-7-17(16)18)25-15-19(20-9-6-12-29-20)27-10-4-5-11-27;/h2-3,6-9,12,16,19H,4-5,10-11,13-15H2,1H3,(H,26,28)(H2,23,24,25);1H. The van der Waals surface area contributed by atoms with Crippen LogP contribution in [0.15, 0.2) is 46.8 Å². The van der Waals surface area contributed by atoms with E-state index in [4.69, 9.17) is 0 Å². The van der Waals surface area contributed by atoms with Crippen molar-refractivity contribution in [2.75, 3.05) is 38.5 Å². The summed E-state index contributed by atoms with van der Waals surface area (Å²) in [6.45, 7) is 3.81. The quantitative estimate of drug-likeness (QED) is 0.297. The highest BCUT2D eigenvalue weighted by Gasteiger charge is 2.26. The smallest absolute Gasteiger partial charge is 0.225 e. The number of halogens is 1. The van der Waals surface area contributed by atoms with Crippen LogP contribution < -0.4 is 16.0 Å². The number of thiophene rings is 1. The fourth-order valence-electron chi connectivity index (χ4n) is 4.26. The maximum absolute atomic E-state index is 12.1. The molecule has 1 amide bonds. The Hall–Kier alpha value is -1.65. The number of carbonyl (C=O) groups excluding carboxylic acids is 1. The van der Waals surface area contributed by atoms with E-state index in [1.54, 1.807) is 7.05 Å². The number of nitrogens with zero attached hydrogens (tertiary/aromatic N) is 2. The number of hydrogen-bond acceptors (Lipinski definition) is 4. The highest BCUT2D eigenvalue weighted by Crippen LogP contribution is 2.31. The highest BCUT2D eigenvalue weighted by molar-refractivity contribution is 14.0. The van der Waals surface area contributed by atoms with Gasteiger partial charge < -0.3 is 16.0 Å². The molecule has 0 saturated carbocycles. The van der Waals surface area contributed by atoms with Crippen LogP contribution in [0.25, 0.3) is 0 Å². The molecule has 1 fully saturated rings. The maximum Gasteiger partial charge on any atom is 0.225 e. The Balaban J connectivity index is 0.00000256. The van der Waals surface area contributed by atoms with Crippen molar-refractivity contribution in [1.82, 2.24) is 15.5 Å². The summed E-state index contributed by atoms with van der Waals surface area (Å²) in [6, 6.07) is 12.8. The summed E-state index contributed by atoms with van der Waals surface area (Å²) in [7, 11) is 1.80. The molecule has 0 bridgehead atoms. The van der Waals surface area contributed by atoms with Crippen LogP contribution in [-0.2, 0) is 4.79 Å². The Bertz CT molecular complexity index is 851. The number of benzene rings is 1. The molecule has 2 atom stereocenters. The molecule has 3 N–H and O–H groups in total. The third kappa shape index (κ3) is 5.53. The van der Waals surface area contributed by atoms with Gasteiger partial charge in [-0.2, -0.15) is 0 Å². The van der Waals surface area contributed by atoms with Crippen molar-refractivity contribution in [2.24, 2.45) is 4.99 Å². The second-order valence-electron chi connectivity index (χ2n) is 7.64. The number of anilines is 1. The zero-order valence-electron chi connectivity index (χ0n) is 17.3. The van der Waals surface area contributed by atoms with Gasteiger partial charge >= 0.3 is 0 Å². The van der Waals surface area contributed by atoms with E-state index in [9.17, 15) is 4.79 Å². The Morgan fingerprint density at radius 1 is 1.23 bits per heavy atom. The lowest BCUT2D eigenvalue weighted by atomic mass is 9.90. The minimum atomic E-state index is 0. The number of rotatable bonds is 6. The number of fused-ring (bicyclic) bond motifs is 1. The van der Waals surface area contributed by atoms with E-state index < -0.39 is 0 Å². The molecule has 3 heterocycles. The van der Waals surface area contributed by atoms with Gasteiger partial charge in [-0.25, -0.2) is 0 Å². The monoisotopic (exact) mass is 539 g/mol. The van der Waals surface area contributed by atoms with Gasteiger partial charge in [-0.1, -0.05) is 24.3 Å². The number of aliphatic imine (C=N–C) groups is 1. The van der Waals surface area contributed by atoms with Crippen molar-refractivity contribution < 1.29 is 4.79 Å². The first kappa shape index (κ1) is 23.0. The third-order valence-corrected chi connectivity index (χ3v) is 6.74. The second kappa shape index (κ2) is 11.1. The Morgan fingerprint density at radius 3 is 2.77 bits per heavy atom. The normalized spacial score (nSPS) is 20.1. The lowest BCUT2D eigenvalue weighted by Crippen LogP contribution is -2.44. The molecule has 1 aromatic heterocycles. The third-order valence-electron chi connectivity index (χ3n) is 5.76. The predicted octanol–water partition coefficient (Wildman–Crippen LogP) is 3.79. The summed E-state index contributed by atoms with van der Waals surface area (Å²) in [5.74, 6) is 1.00. The first-order valence-corrected chi connectivity index (χ1v) is 11.2. The minimum Gasteiger partial charge on any atom is -0.356 e. The van der Waals surface area contributed by atoms with E-state index in [0.29, 0.717) is 19.0 Å². The van der Waals surface area contributed by atoms with Crippen molar-refractivity contribution >= 4 is 52.9 Å². The van der Waals surface area contributed by atoms with Gasteiger partial charge in [0, 0.05) is 43.0 Å². The van der Waals surface area contributed by atoms with E-state index in [1.165, 1.54) is 23.3 Å². The van der Waals surface area contributed by atoms with Gasteiger partial charge in [0.2, 0.25) is 5.91 Å². The van der Waals surface area contributed by atoms with Gasteiger partial charge in [0.25, 0.3) is 0 Å². The topological polar surface area (TPSA) is 68.8 Å². The van der Waals surface area contributed by atoms with Crippen LogP contribution in [-0.4, -0.2) is 50.0 Å². The van der Waals surface area contributed by atoms with Gasteiger partial charge in [-0.15, -0.1) is 35.3 Å². The number of guanidine groups is 1. The number of hydrogen-bond donors (Lipinski definition) is 3. The number of likely N-dealkylation sites (tertiary alicyclic amines) is 1. The van der Waals surface area contributed by atoms with Crippen LogP contribution >= 0.6 is 35.3 Å². The van der Waals surface area contributed by atoms with E-state index in [0.717, 1.165) is 31.3 Å². The van der Waals surface area contributed by atoms with Crippen LogP contribution in [0.4, 0.5) is 5.69 Å². The van der Waals surface area contributed by atoms with Crippen molar-refractivity contribution in [3.63, 3.8) is 0 Å². The number of nitrogens with one attached hydrogen (secondary N) is 3. The molecule has 4 rings (SSSR count). The fraction of sp³-hybridized carbons (Fsp3) is 0.455. The molecule has 1 saturated heterocycles. The molecule has 30 heavy (non-hydrogen) atoms. The molecule has 162 valence electrons. The average molecular weight is 539 g/mol. The Labute approximate surface area is 199 Å². The molecule has 1 aromatic carbocycles. The van der Waals surface area contributed by atoms with Crippen LogP contribution in [0.5, 0.6) is 0 Å². The summed E-state index contributed by atoms with van der Waals surface area (Å²) in [6.07, 6.45) is 3.04. The molecule has 2 aliphatic heterocycles. The Kier molecular flexibility index (Phi) is 8.52. The lowest BCUT2D eigenvalue weighted by molar-refractivity contribution is -0.116. The van der Waals surface area contributed by atoms with E-state index >= 15 is 0 Å². The highest BCUT2D eigenvalue weighted by atomic mass is 127. The van der Waals surface area contributed by atoms with Gasteiger partial charge in [-0.3, -0.25) is 14.7 Å². The summed E-state index contributed by atoms with van der Waals surface area (Å²) in [4.78, 5) is 20.4. The predicted molar refractivity (Wildman–Crippen MR) is 135 cm³/mol. The summed E-state index contributed by atoms with van der Waals surface area (Å²) >= 11 is 1.82. The Morgan fingerprint density at radius 2 is 2.03 bits per heavy atom. The van der Waals surface area contributed by atoms with Crippen LogP contribution in [0.1, 0.15) is 41.7 Å². The molecule has 0 spiro atoms. The van der Waals surface area contributed by atoms with Crippen molar-refractivity contribution in [3.05, 3.63) is 52.2 Å². The fourth-order valence-corrected chi connectivity index (χ4v) is 5.12. The molecular formula is C22H30IN5OS. The van der Waals surface area contributed by atoms with Crippen molar-refractivity contribution in [2.45, 2.75) is 31.2 Å². The summed E-state index contributed by atoms with van der Waals surface area (Å²) < 4.78 is 0. The first-order chi connectivity index (χ1) is 14.2. The summed E-state index contributed by atoms with van der Waals surface area (Å²) in [5, 5.41) is 12.1. The summed E-state index contributed by atoms with van der Waals surface area (Å²) in [5.41, 5.74) is 2.11. The molecule has 2 aromatic rings. The second-order valence-corrected chi connectivity index (χ2v) is 8.62. The molecule has 8 heteroatoms. The zero-order valence-corrected chi connectivity index (χ0v) is 20.4. The molecular weight excluding hydrogens is 509 g/mol. The largest absolute Gasteiger partial charge is 0.356 e. The number of para-hydroxylation sites is 1. The molecule has 0 radical (unpaired) electrons. The van der Waals surface area contributed by atoms with Crippen LogP contribution in [0.3, 0.4) is 0 Å². The van der Waals surface area contributed by atoms with E-state index in [2.05, 4.69) is 49.4 Å². The minimum absolute atomic E-state index is 0. The van der Waals surface area contributed by atoms with Crippen LogP contribution in [0.2, 0.25) is 0 Å². The number of amides is 1. The SMILES string of the molecule is CN=C(NCC1CC(=O)Nc2ccccc21)NCC(c1cccs1)N1CCCC1.I. The number of carbonyl (C=O) groups is 1. The molecule has 2 unspecified atom stereocenters. The van der Waals surface area contributed by atoms with Crippen molar-refractivity contribution in [3.8, 4) is 0 Å². The average Bonchev–Trinajstić information content (AvgIpc) is 3.45. The van der Waals surface area contributed by atoms with Crippen LogP contribution in [0, 0.1) is 0 Å². The van der Waals surface area contributed by atoms with Crippen molar-refractivity contribution in [1.29, 1.82) is 0 Å². The van der Waals surface area contributed by atoms with E-state index in [1.807, 2.05) is 29.5 Å². The van der Waals surface area contributed by atoms with Gasteiger partial charge in [0.05, 0.1) is 6.04 Å².